The standard InChI is InChI=1S/C6H6N2O2/c1-2-3(9)4-5-6(10-5)8-7-4/h2H2,1H3,(H,7,8). The molecule has 4 nitrogen and oxygen atoms in total. The molecule has 0 fully saturated rings. The number of Topliss-reactive ketones (excluding diaryl/α,β-unsaturated/α-hetero) is 1. The number of rotatable bonds is 2. The fraction of sp³-hybridized carbons (Fsp3) is 0.333. The van der Waals surface area contributed by atoms with Crippen LogP contribution in [-0.2, 0) is 0 Å². The lowest BCUT2D eigenvalue weighted by Crippen LogP contribution is -1.97. The molecule has 0 radical (unpaired) electrons. The Morgan fingerprint density at radius 2 is 2.60 bits per heavy atom. The number of nitrogens with zero attached hydrogens (tertiary/aromatic N) is 1. The first-order valence-electron chi connectivity index (χ1n) is 3.12. The van der Waals surface area contributed by atoms with Gasteiger partial charge in [0.25, 0.3) is 5.88 Å². The summed E-state index contributed by atoms with van der Waals surface area (Å²) in [5, 5.41) is 6.31. The van der Waals surface area contributed by atoms with Crippen molar-refractivity contribution in [1.82, 2.24) is 10.2 Å². The number of aromatic amines is 1. The molecular weight excluding hydrogens is 132 g/mol. The van der Waals surface area contributed by atoms with Crippen molar-refractivity contribution >= 4 is 5.78 Å². The maximum Gasteiger partial charge on any atom is 0.283 e. The highest BCUT2D eigenvalue weighted by Crippen LogP contribution is 2.45. The van der Waals surface area contributed by atoms with Crippen LogP contribution >= 0.6 is 0 Å². The normalized spacial score (nSPS) is 12.1. The highest BCUT2D eigenvalue weighted by Gasteiger charge is 2.32. The molecule has 2 heterocycles. The van der Waals surface area contributed by atoms with E-state index in [0.717, 1.165) is 0 Å². The minimum absolute atomic E-state index is 0.0475. The van der Waals surface area contributed by atoms with Crippen molar-refractivity contribution in [3.63, 3.8) is 0 Å². The summed E-state index contributed by atoms with van der Waals surface area (Å²) in [5.41, 5.74) is 0.512. The maximum absolute atomic E-state index is 11.0. The minimum Gasteiger partial charge on any atom is -0.426 e. The van der Waals surface area contributed by atoms with E-state index < -0.39 is 0 Å². The molecule has 4 heteroatoms. The van der Waals surface area contributed by atoms with Crippen LogP contribution in [0.3, 0.4) is 0 Å². The number of carbonyl (C=O) groups excluding carboxylic acids is 1. The Labute approximate surface area is 57.2 Å². The van der Waals surface area contributed by atoms with Gasteiger partial charge in [-0.1, -0.05) is 6.92 Å². The largest absolute Gasteiger partial charge is 0.426 e. The quantitative estimate of drug-likeness (QED) is 0.499. The number of aromatic nitrogens is 2. The Morgan fingerprint density at radius 1 is 1.80 bits per heavy atom. The first-order chi connectivity index (χ1) is 4.83. The predicted octanol–water partition coefficient (Wildman–Crippen LogP) is 1.11. The molecule has 1 aromatic heterocycles. The number of hydrogen-bond donors (Lipinski definition) is 1. The van der Waals surface area contributed by atoms with E-state index in [-0.39, 0.29) is 5.78 Å². The van der Waals surface area contributed by atoms with Gasteiger partial charge in [0, 0.05) is 6.42 Å². The molecule has 52 valence electrons. The molecule has 2 rings (SSSR count). The van der Waals surface area contributed by atoms with E-state index >= 15 is 0 Å². The summed E-state index contributed by atoms with van der Waals surface area (Å²) in [6.07, 6.45) is 0.484. The third kappa shape index (κ3) is 0.556. The summed E-state index contributed by atoms with van der Waals surface area (Å²) in [4.78, 5) is 11.0. The van der Waals surface area contributed by atoms with Crippen LogP contribution in [0.25, 0.3) is 0 Å². The molecular formula is C6H6N2O2. The van der Waals surface area contributed by atoms with Crippen LogP contribution in [0.2, 0.25) is 0 Å². The summed E-state index contributed by atoms with van der Waals surface area (Å²) < 4.78 is 4.83. The topological polar surface area (TPSA) is 58.3 Å². The SMILES string of the molecule is CCC(=O)c1[nH]nc2c1O2. The smallest absolute Gasteiger partial charge is 0.283 e. The molecule has 0 bridgehead atoms. The van der Waals surface area contributed by atoms with E-state index in [1.165, 1.54) is 0 Å². The molecule has 0 amide bonds. The third-order valence-corrected chi connectivity index (χ3v) is 1.45. The molecule has 1 aliphatic heterocycles. The number of hydrogen-bond acceptors (Lipinski definition) is 3. The van der Waals surface area contributed by atoms with Gasteiger partial charge in [0.1, 0.15) is 5.69 Å². The van der Waals surface area contributed by atoms with Crippen LogP contribution in [-0.4, -0.2) is 16.0 Å². The van der Waals surface area contributed by atoms with Crippen molar-refractivity contribution in [1.29, 1.82) is 0 Å². The van der Waals surface area contributed by atoms with Gasteiger partial charge in [0.15, 0.2) is 5.78 Å². The van der Waals surface area contributed by atoms with Crippen molar-refractivity contribution in [2.24, 2.45) is 0 Å². The molecule has 1 N–H and O–H groups in total. The number of ether oxygens (including phenoxy) is 1. The molecule has 0 saturated carbocycles. The van der Waals surface area contributed by atoms with Crippen molar-refractivity contribution in [2.45, 2.75) is 13.3 Å². The van der Waals surface area contributed by atoms with Crippen LogP contribution in [0.1, 0.15) is 23.8 Å². The van der Waals surface area contributed by atoms with Crippen molar-refractivity contribution < 1.29 is 9.53 Å². The molecule has 0 aromatic carbocycles. The fourth-order valence-electron chi connectivity index (χ4n) is 0.826. The summed E-state index contributed by atoms with van der Waals surface area (Å²) in [6, 6.07) is 0. The minimum atomic E-state index is 0.0475. The number of H-pyrrole nitrogens is 1. The second-order valence-electron chi connectivity index (χ2n) is 2.11. The Bertz CT molecular complexity index is 290. The maximum atomic E-state index is 11.0. The molecule has 1 aromatic rings. The van der Waals surface area contributed by atoms with E-state index in [4.69, 9.17) is 4.74 Å². The van der Waals surface area contributed by atoms with E-state index in [2.05, 4.69) is 10.2 Å². The lowest BCUT2D eigenvalue weighted by atomic mass is 10.2. The van der Waals surface area contributed by atoms with Crippen LogP contribution in [0.15, 0.2) is 0 Å². The predicted molar refractivity (Wildman–Crippen MR) is 33.3 cm³/mol. The van der Waals surface area contributed by atoms with Crippen LogP contribution in [0, 0.1) is 0 Å². The number of ketones is 1. The Morgan fingerprint density at radius 3 is 3.00 bits per heavy atom. The zero-order valence-electron chi connectivity index (χ0n) is 5.47. The zero-order chi connectivity index (χ0) is 7.14. The molecule has 10 heavy (non-hydrogen) atoms. The van der Waals surface area contributed by atoms with Gasteiger partial charge in [-0.15, -0.1) is 5.10 Å². The lowest BCUT2D eigenvalue weighted by molar-refractivity contribution is 0.0982. The monoisotopic (exact) mass is 138 g/mol. The number of nitrogens with one attached hydrogen (secondary N) is 1. The van der Waals surface area contributed by atoms with Crippen LogP contribution < -0.4 is 4.74 Å². The average molecular weight is 138 g/mol. The molecule has 0 spiro atoms. The van der Waals surface area contributed by atoms with Crippen molar-refractivity contribution in [2.75, 3.05) is 0 Å². The summed E-state index contributed by atoms with van der Waals surface area (Å²) in [6.45, 7) is 1.80. The second-order valence-corrected chi connectivity index (χ2v) is 2.11. The van der Waals surface area contributed by atoms with E-state index in [9.17, 15) is 4.79 Å². The Hall–Kier alpha value is -1.32. The van der Waals surface area contributed by atoms with Gasteiger partial charge in [-0.05, 0) is 0 Å². The highest BCUT2D eigenvalue weighted by molar-refractivity contribution is 5.98. The Balaban J connectivity index is 2.36. The number of carbonyl (C=O) groups is 1. The highest BCUT2D eigenvalue weighted by atomic mass is 16.6. The van der Waals surface area contributed by atoms with Crippen LogP contribution in [0.5, 0.6) is 11.6 Å². The summed E-state index contributed by atoms with van der Waals surface area (Å²) >= 11 is 0. The third-order valence-electron chi connectivity index (χ3n) is 1.45. The molecule has 0 unspecified atom stereocenters. The first-order valence-corrected chi connectivity index (χ1v) is 3.12. The van der Waals surface area contributed by atoms with Gasteiger partial charge in [-0.2, -0.15) is 0 Å². The molecule has 1 aliphatic rings. The summed E-state index contributed by atoms with van der Waals surface area (Å²) in [7, 11) is 0. The van der Waals surface area contributed by atoms with Crippen molar-refractivity contribution in [3.05, 3.63) is 5.69 Å². The average Bonchev–Trinajstić information content (AvgIpc) is 2.62. The van der Waals surface area contributed by atoms with E-state index in [0.29, 0.717) is 23.7 Å². The van der Waals surface area contributed by atoms with Gasteiger partial charge in [-0.25, -0.2) is 0 Å². The van der Waals surface area contributed by atoms with E-state index in [1.807, 2.05) is 0 Å². The van der Waals surface area contributed by atoms with Gasteiger partial charge in [-0.3, -0.25) is 9.89 Å². The van der Waals surface area contributed by atoms with Crippen molar-refractivity contribution in [3.8, 4) is 11.6 Å². The van der Waals surface area contributed by atoms with Gasteiger partial charge >= 0.3 is 0 Å². The van der Waals surface area contributed by atoms with Gasteiger partial charge in [0.2, 0.25) is 5.75 Å². The number of fused-ring (bicyclic) bond motifs is 1. The second kappa shape index (κ2) is 1.59. The first kappa shape index (κ1) is 5.46. The lowest BCUT2D eigenvalue weighted by Gasteiger charge is -1.88. The van der Waals surface area contributed by atoms with Gasteiger partial charge in [0.05, 0.1) is 0 Å². The zero-order valence-corrected chi connectivity index (χ0v) is 5.47. The molecule has 0 atom stereocenters. The summed E-state index contributed by atoms with van der Waals surface area (Å²) in [5.74, 6) is 1.25. The Kier molecular flexibility index (Phi) is 0.869. The van der Waals surface area contributed by atoms with E-state index in [1.54, 1.807) is 6.92 Å². The fourth-order valence-corrected chi connectivity index (χ4v) is 0.826. The molecule has 0 aliphatic carbocycles. The molecule has 0 saturated heterocycles. The van der Waals surface area contributed by atoms with Gasteiger partial charge < -0.3 is 4.74 Å². The van der Waals surface area contributed by atoms with Crippen LogP contribution in [0.4, 0.5) is 0 Å².